The van der Waals surface area contributed by atoms with E-state index in [1.54, 1.807) is 0 Å². The highest BCUT2D eigenvalue weighted by Gasteiger charge is 2.03. The summed E-state index contributed by atoms with van der Waals surface area (Å²) < 4.78 is 13.7. The molecule has 0 radical (unpaired) electrons. The van der Waals surface area contributed by atoms with Crippen LogP contribution in [0.2, 0.25) is 0 Å². The smallest absolute Gasteiger partial charge is 0.101 e. The van der Waals surface area contributed by atoms with Gasteiger partial charge in [0.05, 0.1) is 0 Å². The first-order valence-electron chi connectivity index (χ1n) is 4.01. The van der Waals surface area contributed by atoms with Gasteiger partial charge in [0.2, 0.25) is 0 Å². The van der Waals surface area contributed by atoms with Crippen molar-refractivity contribution in [3.63, 3.8) is 0 Å². The molecule has 0 aliphatic rings. The fraction of sp³-hybridized carbons (Fsp3) is 1.00. The summed E-state index contributed by atoms with van der Waals surface area (Å²) in [6.07, 6.45) is 4.41. The number of rotatable bonds is 6. The van der Waals surface area contributed by atoms with Gasteiger partial charge in [-0.15, -0.1) is 0 Å². The van der Waals surface area contributed by atoms with Crippen molar-refractivity contribution >= 4 is 22.6 Å². The third-order valence-electron chi connectivity index (χ3n) is 1.54. The monoisotopic (exact) mass is 258 g/mol. The lowest BCUT2D eigenvalue weighted by atomic mass is 10.1. The van der Waals surface area contributed by atoms with Crippen LogP contribution in [0.4, 0.5) is 4.39 Å². The molecule has 0 fully saturated rings. The number of hydrogen-bond donors (Lipinski definition) is 0. The molecule has 62 valence electrons. The predicted octanol–water partition coefficient (Wildman–Crippen LogP) is 3.73. The summed E-state index contributed by atoms with van der Waals surface area (Å²) in [6.45, 7) is 2.14. The Hall–Kier alpha value is 0.660. The van der Waals surface area contributed by atoms with E-state index in [1.165, 1.54) is 12.8 Å². The standard InChI is InChI=1S/C8H16FI/c1-2-3-4-5-8(9)6-7-10/h8H,2-7H2,1H3. The van der Waals surface area contributed by atoms with Crippen LogP contribution in [-0.4, -0.2) is 10.6 Å². The lowest BCUT2D eigenvalue weighted by Gasteiger charge is -2.03. The third-order valence-corrected chi connectivity index (χ3v) is 2.17. The minimum Gasteiger partial charge on any atom is -0.247 e. The molecular formula is C8H16FI. The molecule has 0 heterocycles. The molecule has 0 aliphatic heterocycles. The summed E-state index contributed by atoms with van der Waals surface area (Å²) >= 11 is 2.22. The minimum absolute atomic E-state index is 0.538. The van der Waals surface area contributed by atoms with Crippen molar-refractivity contribution in [3.05, 3.63) is 0 Å². The van der Waals surface area contributed by atoms with E-state index in [1.807, 2.05) is 0 Å². The van der Waals surface area contributed by atoms with Crippen molar-refractivity contribution in [1.82, 2.24) is 0 Å². The lowest BCUT2D eigenvalue weighted by Crippen LogP contribution is -1.99. The van der Waals surface area contributed by atoms with Crippen molar-refractivity contribution in [3.8, 4) is 0 Å². The summed E-state index contributed by atoms with van der Waals surface area (Å²) in [4.78, 5) is 0. The number of hydrogen-bond acceptors (Lipinski definition) is 0. The van der Waals surface area contributed by atoms with Gasteiger partial charge in [-0.2, -0.15) is 0 Å². The van der Waals surface area contributed by atoms with Gasteiger partial charge in [0.1, 0.15) is 6.17 Å². The Labute approximate surface area is 76.7 Å². The molecule has 2 heteroatoms. The average Bonchev–Trinajstić information content (AvgIpc) is 1.89. The quantitative estimate of drug-likeness (QED) is 0.387. The van der Waals surface area contributed by atoms with E-state index in [0.717, 1.165) is 23.7 Å². The Bertz CT molecular complexity index is 66.3. The first-order valence-corrected chi connectivity index (χ1v) is 5.53. The molecule has 0 saturated carbocycles. The zero-order valence-electron chi connectivity index (χ0n) is 6.58. The molecule has 0 spiro atoms. The van der Waals surface area contributed by atoms with Crippen LogP contribution in [0.3, 0.4) is 0 Å². The van der Waals surface area contributed by atoms with Crippen LogP contribution in [0, 0.1) is 0 Å². The van der Waals surface area contributed by atoms with Crippen LogP contribution >= 0.6 is 22.6 Å². The molecule has 0 N–H and O–H groups in total. The maximum absolute atomic E-state index is 12.7. The lowest BCUT2D eigenvalue weighted by molar-refractivity contribution is 0.300. The summed E-state index contributed by atoms with van der Waals surface area (Å²) in [5.74, 6) is 0. The Morgan fingerprint density at radius 1 is 1.30 bits per heavy atom. The van der Waals surface area contributed by atoms with Crippen LogP contribution in [0.1, 0.15) is 39.0 Å². The molecule has 0 aromatic heterocycles. The van der Waals surface area contributed by atoms with Crippen molar-refractivity contribution in [2.75, 3.05) is 4.43 Å². The van der Waals surface area contributed by atoms with Crippen LogP contribution in [0.25, 0.3) is 0 Å². The van der Waals surface area contributed by atoms with E-state index in [4.69, 9.17) is 0 Å². The van der Waals surface area contributed by atoms with Crippen molar-refractivity contribution in [1.29, 1.82) is 0 Å². The second-order valence-electron chi connectivity index (χ2n) is 2.57. The Kier molecular flexibility index (Phi) is 8.28. The zero-order valence-corrected chi connectivity index (χ0v) is 8.73. The van der Waals surface area contributed by atoms with Gasteiger partial charge in [0.15, 0.2) is 0 Å². The fourth-order valence-electron chi connectivity index (χ4n) is 0.879. The predicted molar refractivity (Wildman–Crippen MR) is 52.5 cm³/mol. The van der Waals surface area contributed by atoms with Crippen molar-refractivity contribution < 1.29 is 4.39 Å². The molecule has 0 amide bonds. The number of unbranched alkanes of at least 4 members (excludes halogenated alkanes) is 2. The molecule has 0 bridgehead atoms. The third kappa shape index (κ3) is 6.78. The summed E-state index contributed by atoms with van der Waals surface area (Å²) in [5, 5.41) is 0. The van der Waals surface area contributed by atoms with Crippen LogP contribution in [0.5, 0.6) is 0 Å². The molecule has 1 unspecified atom stereocenters. The molecule has 0 aromatic carbocycles. The summed E-state index contributed by atoms with van der Waals surface area (Å²) in [5.41, 5.74) is 0. The van der Waals surface area contributed by atoms with E-state index in [0.29, 0.717) is 0 Å². The first-order chi connectivity index (χ1) is 4.81. The number of halogens is 2. The molecule has 0 aliphatic carbocycles. The van der Waals surface area contributed by atoms with Crippen molar-refractivity contribution in [2.45, 2.75) is 45.2 Å². The van der Waals surface area contributed by atoms with Gasteiger partial charge in [-0.1, -0.05) is 48.8 Å². The molecule has 0 rings (SSSR count). The minimum atomic E-state index is -0.538. The second-order valence-corrected chi connectivity index (χ2v) is 3.65. The SMILES string of the molecule is CCCCCC(F)CCI. The summed E-state index contributed by atoms with van der Waals surface area (Å²) in [7, 11) is 0. The van der Waals surface area contributed by atoms with E-state index in [-0.39, 0.29) is 0 Å². The Morgan fingerprint density at radius 3 is 2.50 bits per heavy atom. The van der Waals surface area contributed by atoms with Crippen LogP contribution in [0.15, 0.2) is 0 Å². The molecule has 10 heavy (non-hydrogen) atoms. The highest BCUT2D eigenvalue weighted by Crippen LogP contribution is 2.10. The molecule has 0 nitrogen and oxygen atoms in total. The van der Waals surface area contributed by atoms with Crippen LogP contribution in [-0.2, 0) is 0 Å². The van der Waals surface area contributed by atoms with Crippen molar-refractivity contribution in [2.24, 2.45) is 0 Å². The molecule has 1 atom stereocenters. The Balaban J connectivity index is 2.97. The van der Waals surface area contributed by atoms with E-state index in [9.17, 15) is 4.39 Å². The maximum Gasteiger partial charge on any atom is 0.101 e. The van der Waals surface area contributed by atoms with Crippen LogP contribution < -0.4 is 0 Å². The highest BCUT2D eigenvalue weighted by molar-refractivity contribution is 14.1. The zero-order chi connectivity index (χ0) is 7.82. The van der Waals surface area contributed by atoms with Gasteiger partial charge in [0, 0.05) is 4.43 Å². The fourth-order valence-corrected chi connectivity index (χ4v) is 1.55. The number of alkyl halides is 2. The topological polar surface area (TPSA) is 0 Å². The maximum atomic E-state index is 12.7. The van der Waals surface area contributed by atoms with Gasteiger partial charge < -0.3 is 0 Å². The largest absolute Gasteiger partial charge is 0.247 e. The van der Waals surface area contributed by atoms with Gasteiger partial charge in [-0.25, -0.2) is 4.39 Å². The van der Waals surface area contributed by atoms with Gasteiger partial charge in [0.25, 0.3) is 0 Å². The first kappa shape index (κ1) is 10.7. The normalized spacial score (nSPS) is 13.5. The molecular weight excluding hydrogens is 242 g/mol. The van der Waals surface area contributed by atoms with E-state index in [2.05, 4.69) is 29.5 Å². The molecule has 0 aromatic rings. The van der Waals surface area contributed by atoms with Gasteiger partial charge >= 0.3 is 0 Å². The highest BCUT2D eigenvalue weighted by atomic mass is 127. The molecule has 0 saturated heterocycles. The average molecular weight is 258 g/mol. The van der Waals surface area contributed by atoms with Gasteiger partial charge in [-0.3, -0.25) is 0 Å². The Morgan fingerprint density at radius 2 is 2.00 bits per heavy atom. The van der Waals surface area contributed by atoms with E-state index < -0.39 is 6.17 Å². The van der Waals surface area contributed by atoms with E-state index >= 15 is 0 Å². The summed E-state index contributed by atoms with van der Waals surface area (Å²) in [6, 6.07) is 0. The second kappa shape index (κ2) is 7.76. The van der Waals surface area contributed by atoms with Gasteiger partial charge in [-0.05, 0) is 12.8 Å².